The van der Waals surface area contributed by atoms with Gasteiger partial charge in [-0.15, -0.1) is 0 Å². The first-order valence-corrected chi connectivity index (χ1v) is 8.94. The molecule has 0 spiro atoms. The summed E-state index contributed by atoms with van der Waals surface area (Å²) < 4.78 is 0.614. The van der Waals surface area contributed by atoms with E-state index in [4.69, 9.17) is 11.6 Å². The van der Waals surface area contributed by atoms with Crippen LogP contribution in [0.3, 0.4) is 0 Å². The number of amides is 3. The molecule has 0 bridgehead atoms. The minimum atomic E-state index is -0.469. The van der Waals surface area contributed by atoms with Gasteiger partial charge in [-0.05, 0) is 52.7 Å². The Hall–Kier alpha value is -2.38. The molecular weight excluding hydrogens is 422 g/mol. The van der Waals surface area contributed by atoms with E-state index >= 15 is 0 Å². The topological polar surface area (TPSA) is 87.3 Å². The summed E-state index contributed by atoms with van der Waals surface area (Å²) in [6.45, 7) is 1.79. The van der Waals surface area contributed by atoms with E-state index in [9.17, 15) is 14.4 Å². The van der Waals surface area contributed by atoms with Gasteiger partial charge in [-0.25, -0.2) is 0 Å². The van der Waals surface area contributed by atoms with Crippen molar-refractivity contribution in [2.75, 3.05) is 5.32 Å². The van der Waals surface area contributed by atoms with Gasteiger partial charge in [0, 0.05) is 28.0 Å². The molecule has 0 heterocycles. The summed E-state index contributed by atoms with van der Waals surface area (Å²) in [6, 6.07) is 12.0. The maximum absolute atomic E-state index is 12.0. The molecule has 2 aromatic carbocycles. The van der Waals surface area contributed by atoms with Crippen LogP contribution in [0.25, 0.3) is 0 Å². The number of carbonyl (C=O) groups is 3. The van der Waals surface area contributed by atoms with Crippen LogP contribution in [0.5, 0.6) is 0 Å². The van der Waals surface area contributed by atoms with Crippen molar-refractivity contribution in [2.45, 2.75) is 19.8 Å². The van der Waals surface area contributed by atoms with Crippen molar-refractivity contribution in [2.24, 2.45) is 0 Å². The van der Waals surface area contributed by atoms with Crippen molar-refractivity contribution in [3.05, 3.63) is 63.1 Å². The second-order valence-electron chi connectivity index (χ2n) is 5.44. The molecule has 0 fully saturated rings. The molecule has 2 aromatic rings. The Balaban J connectivity index is 1.78. The van der Waals surface area contributed by atoms with Crippen LogP contribution in [0.4, 0.5) is 5.69 Å². The number of nitrogens with one attached hydrogen (secondary N) is 3. The van der Waals surface area contributed by atoms with Crippen molar-refractivity contribution in [3.8, 4) is 0 Å². The summed E-state index contributed by atoms with van der Waals surface area (Å²) in [4.78, 5) is 35.7. The van der Waals surface area contributed by atoms with Crippen LogP contribution in [-0.4, -0.2) is 17.7 Å². The summed E-state index contributed by atoms with van der Waals surface area (Å²) in [5.41, 5.74) is 6.35. The lowest BCUT2D eigenvalue weighted by Crippen LogP contribution is -2.41. The summed E-state index contributed by atoms with van der Waals surface area (Å²) in [5.74, 6) is -1.24. The minimum Gasteiger partial charge on any atom is -0.326 e. The zero-order valence-electron chi connectivity index (χ0n) is 13.9. The number of hydrogen-bond acceptors (Lipinski definition) is 3. The molecule has 0 radical (unpaired) electrons. The van der Waals surface area contributed by atoms with Gasteiger partial charge in [0.15, 0.2) is 0 Å². The SMILES string of the molecule is Cc1c(Cl)cccc1NC(=O)CCC(=O)NNC(=O)c1ccccc1Br. The number of halogens is 2. The third kappa shape index (κ3) is 5.57. The quantitative estimate of drug-likeness (QED) is 0.624. The van der Waals surface area contributed by atoms with Gasteiger partial charge in [0.25, 0.3) is 5.91 Å². The van der Waals surface area contributed by atoms with E-state index in [2.05, 4.69) is 32.1 Å². The Morgan fingerprint density at radius 1 is 0.962 bits per heavy atom. The summed E-state index contributed by atoms with van der Waals surface area (Å²) in [7, 11) is 0. The maximum atomic E-state index is 12.0. The van der Waals surface area contributed by atoms with Crippen LogP contribution in [0.15, 0.2) is 46.9 Å². The monoisotopic (exact) mass is 437 g/mol. The van der Waals surface area contributed by atoms with E-state index in [1.54, 1.807) is 49.4 Å². The maximum Gasteiger partial charge on any atom is 0.270 e. The number of rotatable bonds is 5. The smallest absolute Gasteiger partial charge is 0.270 e. The molecule has 0 aliphatic rings. The molecule has 8 heteroatoms. The van der Waals surface area contributed by atoms with Gasteiger partial charge in [0.2, 0.25) is 11.8 Å². The standard InChI is InChI=1S/C18H17BrClN3O3/c1-11-14(20)7-4-8-15(11)21-16(24)9-10-17(25)22-23-18(26)12-5-2-3-6-13(12)19/h2-8H,9-10H2,1H3,(H,21,24)(H,22,25)(H,23,26). The van der Waals surface area contributed by atoms with E-state index < -0.39 is 11.8 Å². The fourth-order valence-electron chi connectivity index (χ4n) is 2.08. The first-order chi connectivity index (χ1) is 12.4. The molecular formula is C18H17BrClN3O3. The van der Waals surface area contributed by atoms with Crippen LogP contribution < -0.4 is 16.2 Å². The Labute approximate surface area is 164 Å². The van der Waals surface area contributed by atoms with Gasteiger partial charge in [0.1, 0.15) is 0 Å². The molecule has 3 N–H and O–H groups in total. The van der Waals surface area contributed by atoms with Crippen LogP contribution >= 0.6 is 27.5 Å². The number of carbonyl (C=O) groups excluding carboxylic acids is 3. The van der Waals surface area contributed by atoms with Crippen LogP contribution in [-0.2, 0) is 9.59 Å². The molecule has 0 saturated carbocycles. The Kier molecular flexibility index (Phi) is 7.17. The highest BCUT2D eigenvalue weighted by Crippen LogP contribution is 2.23. The molecule has 26 heavy (non-hydrogen) atoms. The molecule has 0 saturated heterocycles. The third-order valence-corrected chi connectivity index (χ3v) is 4.66. The zero-order valence-corrected chi connectivity index (χ0v) is 16.3. The lowest BCUT2D eigenvalue weighted by Gasteiger charge is -2.10. The molecule has 0 atom stereocenters. The number of anilines is 1. The summed E-state index contributed by atoms with van der Waals surface area (Å²) in [6.07, 6.45) is -0.0929. The zero-order chi connectivity index (χ0) is 19.1. The average Bonchev–Trinajstić information content (AvgIpc) is 2.62. The predicted octanol–water partition coefficient (Wildman–Crippen LogP) is 3.59. The van der Waals surface area contributed by atoms with Crippen LogP contribution in [0.1, 0.15) is 28.8 Å². The van der Waals surface area contributed by atoms with E-state index in [0.717, 1.165) is 5.56 Å². The van der Waals surface area contributed by atoms with E-state index in [-0.39, 0.29) is 18.7 Å². The Morgan fingerprint density at radius 3 is 2.38 bits per heavy atom. The molecule has 0 aromatic heterocycles. The fourth-order valence-corrected chi connectivity index (χ4v) is 2.72. The van der Waals surface area contributed by atoms with Gasteiger partial charge in [-0.3, -0.25) is 25.2 Å². The van der Waals surface area contributed by atoms with E-state index in [1.165, 1.54) is 0 Å². The fraction of sp³-hybridized carbons (Fsp3) is 0.167. The lowest BCUT2D eigenvalue weighted by atomic mass is 10.2. The number of benzene rings is 2. The second-order valence-corrected chi connectivity index (χ2v) is 6.70. The summed E-state index contributed by atoms with van der Waals surface area (Å²) in [5, 5.41) is 3.26. The van der Waals surface area contributed by atoms with Gasteiger partial charge in [-0.1, -0.05) is 29.8 Å². The van der Waals surface area contributed by atoms with Gasteiger partial charge < -0.3 is 5.32 Å². The minimum absolute atomic E-state index is 0.0251. The molecule has 2 rings (SSSR count). The molecule has 136 valence electrons. The highest BCUT2D eigenvalue weighted by molar-refractivity contribution is 9.10. The van der Waals surface area contributed by atoms with E-state index in [1.807, 2.05) is 0 Å². The lowest BCUT2D eigenvalue weighted by molar-refractivity contribution is -0.124. The van der Waals surface area contributed by atoms with Gasteiger partial charge >= 0.3 is 0 Å². The number of hydrazine groups is 1. The van der Waals surface area contributed by atoms with Crippen molar-refractivity contribution in [3.63, 3.8) is 0 Å². The van der Waals surface area contributed by atoms with Crippen molar-refractivity contribution in [1.82, 2.24) is 10.9 Å². The molecule has 0 aliphatic heterocycles. The van der Waals surface area contributed by atoms with Crippen LogP contribution in [0, 0.1) is 6.92 Å². The van der Waals surface area contributed by atoms with Gasteiger partial charge in [0.05, 0.1) is 5.56 Å². The normalized spacial score (nSPS) is 10.1. The first-order valence-electron chi connectivity index (χ1n) is 7.77. The van der Waals surface area contributed by atoms with Crippen molar-refractivity contribution < 1.29 is 14.4 Å². The Bertz CT molecular complexity index is 842. The largest absolute Gasteiger partial charge is 0.326 e. The molecule has 0 unspecified atom stereocenters. The number of hydrogen-bond donors (Lipinski definition) is 3. The van der Waals surface area contributed by atoms with E-state index in [0.29, 0.717) is 20.7 Å². The second kappa shape index (κ2) is 9.35. The highest BCUT2D eigenvalue weighted by atomic mass is 79.9. The molecule has 6 nitrogen and oxygen atoms in total. The average molecular weight is 439 g/mol. The first kappa shape index (κ1) is 19.9. The Morgan fingerprint density at radius 2 is 1.65 bits per heavy atom. The highest BCUT2D eigenvalue weighted by Gasteiger charge is 2.12. The molecule has 0 aliphatic carbocycles. The third-order valence-electron chi connectivity index (χ3n) is 3.55. The predicted molar refractivity (Wildman–Crippen MR) is 104 cm³/mol. The van der Waals surface area contributed by atoms with Crippen LogP contribution in [0.2, 0.25) is 5.02 Å². The van der Waals surface area contributed by atoms with Crippen molar-refractivity contribution in [1.29, 1.82) is 0 Å². The van der Waals surface area contributed by atoms with Gasteiger partial charge in [-0.2, -0.15) is 0 Å². The van der Waals surface area contributed by atoms with Crippen molar-refractivity contribution >= 4 is 50.9 Å². The molecule has 3 amide bonds. The summed E-state index contributed by atoms with van der Waals surface area (Å²) >= 11 is 9.26.